The summed E-state index contributed by atoms with van der Waals surface area (Å²) in [6, 6.07) is 8.51. The molecule has 1 aromatic rings. The highest BCUT2D eigenvalue weighted by Crippen LogP contribution is 2.52. The van der Waals surface area contributed by atoms with Crippen LogP contribution in [0.2, 0.25) is 0 Å². The maximum Gasteiger partial charge on any atom is 0.322 e. The number of nitrogens with zero attached hydrogens (tertiary/aromatic N) is 1. The summed E-state index contributed by atoms with van der Waals surface area (Å²) >= 11 is 0. The van der Waals surface area contributed by atoms with Crippen molar-refractivity contribution in [2.24, 2.45) is 5.92 Å². The minimum Gasteiger partial charge on any atom is -0.335 e. The molecule has 154 valence electrons. The molecule has 0 aromatic heterocycles. The zero-order valence-corrected chi connectivity index (χ0v) is 17.6. The van der Waals surface area contributed by atoms with Crippen LogP contribution in [0, 0.1) is 5.92 Å². The Hall–Kier alpha value is -1.60. The number of anilines is 1. The minimum atomic E-state index is -3.22. The Balaban J connectivity index is 1.53. The lowest BCUT2D eigenvalue weighted by Gasteiger charge is -2.40. The lowest BCUT2D eigenvalue weighted by atomic mass is 9.69. The smallest absolute Gasteiger partial charge is 0.322 e. The zero-order chi connectivity index (χ0) is 19.9. The molecule has 4 rings (SSSR count). The van der Waals surface area contributed by atoms with Crippen molar-refractivity contribution in [1.29, 1.82) is 0 Å². The Morgan fingerprint density at radius 1 is 1.18 bits per heavy atom. The van der Waals surface area contributed by atoms with E-state index in [1.165, 1.54) is 18.2 Å². The number of hydrogen-bond acceptors (Lipinski definition) is 3. The van der Waals surface area contributed by atoms with Gasteiger partial charge in [-0.3, -0.25) is 4.90 Å². The van der Waals surface area contributed by atoms with Crippen LogP contribution in [0.3, 0.4) is 0 Å². The summed E-state index contributed by atoms with van der Waals surface area (Å²) in [7, 11) is -3.22. The Bertz CT molecular complexity index is 856. The second-order valence-corrected chi connectivity index (χ2v) is 10.8. The predicted octanol–water partition coefficient (Wildman–Crippen LogP) is 3.13. The number of amides is 2. The van der Waals surface area contributed by atoms with Gasteiger partial charge < -0.3 is 5.32 Å². The fourth-order valence-corrected chi connectivity index (χ4v) is 6.10. The van der Waals surface area contributed by atoms with Crippen molar-refractivity contribution in [1.82, 2.24) is 10.0 Å². The molecule has 2 amide bonds. The van der Waals surface area contributed by atoms with Gasteiger partial charge in [0.05, 0.1) is 6.26 Å². The van der Waals surface area contributed by atoms with E-state index in [1.807, 2.05) is 11.0 Å². The summed E-state index contributed by atoms with van der Waals surface area (Å²) in [4.78, 5) is 15.4. The molecule has 1 aromatic carbocycles. The summed E-state index contributed by atoms with van der Waals surface area (Å²) in [6.07, 6.45) is 8.54. The second-order valence-electron chi connectivity index (χ2n) is 8.93. The van der Waals surface area contributed by atoms with Gasteiger partial charge in [-0.15, -0.1) is 0 Å². The highest BCUT2D eigenvalue weighted by Gasteiger charge is 2.51. The van der Waals surface area contributed by atoms with Crippen molar-refractivity contribution in [3.05, 3.63) is 29.8 Å². The number of rotatable bonds is 4. The maximum absolute atomic E-state index is 13.4. The molecule has 2 unspecified atom stereocenters. The van der Waals surface area contributed by atoms with Crippen molar-refractivity contribution >= 4 is 21.7 Å². The van der Waals surface area contributed by atoms with E-state index in [-0.39, 0.29) is 29.4 Å². The molecular weight excluding hydrogens is 374 g/mol. The molecule has 3 aliphatic rings. The quantitative estimate of drug-likeness (QED) is 0.808. The van der Waals surface area contributed by atoms with E-state index in [0.717, 1.165) is 44.2 Å². The van der Waals surface area contributed by atoms with Gasteiger partial charge in [0, 0.05) is 29.7 Å². The van der Waals surface area contributed by atoms with Crippen LogP contribution in [0.4, 0.5) is 10.5 Å². The van der Waals surface area contributed by atoms with Crippen LogP contribution in [-0.4, -0.2) is 39.3 Å². The number of carbonyl (C=O) groups is 1. The maximum atomic E-state index is 13.4. The van der Waals surface area contributed by atoms with Crippen LogP contribution in [0.25, 0.3) is 0 Å². The molecule has 2 aliphatic carbocycles. The number of nitrogens with one attached hydrogen (secondary N) is 2. The Morgan fingerprint density at radius 2 is 1.96 bits per heavy atom. The van der Waals surface area contributed by atoms with Crippen LogP contribution in [0.1, 0.15) is 57.4 Å². The Labute approximate surface area is 168 Å². The number of sulfonamides is 1. The molecule has 0 radical (unpaired) electrons. The summed E-state index contributed by atoms with van der Waals surface area (Å²) in [5.41, 5.74) is 2.36. The third-order valence-electron chi connectivity index (χ3n) is 7.04. The molecule has 6 nitrogen and oxygen atoms in total. The molecule has 7 heteroatoms. The van der Waals surface area contributed by atoms with Gasteiger partial charge in [0.2, 0.25) is 10.0 Å². The largest absolute Gasteiger partial charge is 0.335 e. The fraction of sp³-hybridized carbons (Fsp3) is 0.667. The minimum absolute atomic E-state index is 0.0179. The van der Waals surface area contributed by atoms with E-state index in [1.54, 1.807) is 0 Å². The van der Waals surface area contributed by atoms with Crippen molar-refractivity contribution in [2.75, 3.05) is 17.7 Å². The van der Waals surface area contributed by atoms with Crippen LogP contribution in [-0.2, 0) is 15.4 Å². The van der Waals surface area contributed by atoms with Gasteiger partial charge in [0.25, 0.3) is 0 Å². The molecule has 2 N–H and O–H groups in total. The van der Waals surface area contributed by atoms with Gasteiger partial charge in [-0.25, -0.2) is 17.9 Å². The molecule has 2 fully saturated rings. The number of fused-ring (bicyclic) bond motifs is 3. The van der Waals surface area contributed by atoms with E-state index in [9.17, 15) is 13.2 Å². The molecule has 0 saturated heterocycles. The molecule has 2 saturated carbocycles. The van der Waals surface area contributed by atoms with Gasteiger partial charge in [-0.2, -0.15) is 0 Å². The summed E-state index contributed by atoms with van der Waals surface area (Å²) in [6.45, 7) is 2.69. The highest BCUT2D eigenvalue weighted by molar-refractivity contribution is 7.88. The molecule has 0 spiro atoms. The standard InChI is InChI=1S/C21H31N3O3S/c1-21-13-6-5-12-19(21)24(18-11-4-3-9-16(18)21)20(25)23-17-10-7-8-15(17)14-22-28(2,26)27/h3-4,9,11,15,17,19,22H,5-8,10,12-14H2,1-2H3,(H,23,25)/t15?,17?,19-,21-/m0/s1. The van der Waals surface area contributed by atoms with E-state index in [2.05, 4.69) is 35.2 Å². The van der Waals surface area contributed by atoms with Gasteiger partial charge in [-0.05, 0) is 43.2 Å². The molecule has 28 heavy (non-hydrogen) atoms. The van der Waals surface area contributed by atoms with E-state index < -0.39 is 10.0 Å². The average molecular weight is 406 g/mol. The van der Waals surface area contributed by atoms with Crippen LogP contribution >= 0.6 is 0 Å². The molecule has 1 aliphatic heterocycles. The first kappa shape index (κ1) is 19.7. The number of urea groups is 1. The van der Waals surface area contributed by atoms with Crippen molar-refractivity contribution in [3.63, 3.8) is 0 Å². The van der Waals surface area contributed by atoms with E-state index >= 15 is 0 Å². The zero-order valence-electron chi connectivity index (χ0n) is 16.8. The van der Waals surface area contributed by atoms with Crippen molar-refractivity contribution in [2.45, 2.75) is 69.4 Å². The number of hydrogen-bond donors (Lipinski definition) is 2. The third kappa shape index (κ3) is 3.54. The van der Waals surface area contributed by atoms with E-state index in [4.69, 9.17) is 0 Å². The number of carbonyl (C=O) groups excluding carboxylic acids is 1. The van der Waals surface area contributed by atoms with Gasteiger partial charge >= 0.3 is 6.03 Å². The van der Waals surface area contributed by atoms with Gasteiger partial charge in [0.1, 0.15) is 0 Å². The summed E-state index contributed by atoms with van der Waals surface area (Å²) < 4.78 is 25.5. The van der Waals surface area contributed by atoms with Crippen LogP contribution in [0.5, 0.6) is 0 Å². The topological polar surface area (TPSA) is 78.5 Å². The van der Waals surface area contributed by atoms with Gasteiger partial charge in [-0.1, -0.05) is 44.4 Å². The normalized spacial score (nSPS) is 32.1. The first-order valence-corrected chi connectivity index (χ1v) is 12.3. The van der Waals surface area contributed by atoms with Crippen LogP contribution in [0.15, 0.2) is 24.3 Å². The Morgan fingerprint density at radius 3 is 2.75 bits per heavy atom. The summed E-state index contributed by atoms with van der Waals surface area (Å²) in [5.74, 6) is 0.147. The van der Waals surface area contributed by atoms with Crippen molar-refractivity contribution in [3.8, 4) is 0 Å². The third-order valence-corrected chi connectivity index (χ3v) is 7.74. The molecule has 1 heterocycles. The van der Waals surface area contributed by atoms with E-state index in [0.29, 0.717) is 6.54 Å². The number of benzene rings is 1. The van der Waals surface area contributed by atoms with Crippen molar-refractivity contribution < 1.29 is 13.2 Å². The average Bonchev–Trinajstić information content (AvgIpc) is 3.19. The number of para-hydroxylation sites is 1. The lowest BCUT2D eigenvalue weighted by Crippen LogP contribution is -2.54. The van der Waals surface area contributed by atoms with Gasteiger partial charge in [0.15, 0.2) is 0 Å². The molecule has 4 atom stereocenters. The second kappa shape index (κ2) is 7.34. The molecule has 0 bridgehead atoms. The molecular formula is C21H31N3O3S. The fourth-order valence-electron chi connectivity index (χ4n) is 5.59. The van der Waals surface area contributed by atoms with Crippen LogP contribution < -0.4 is 14.9 Å². The highest BCUT2D eigenvalue weighted by atomic mass is 32.2. The predicted molar refractivity (Wildman–Crippen MR) is 111 cm³/mol. The first-order chi connectivity index (χ1) is 13.3. The Kier molecular flexibility index (Phi) is 5.16. The monoisotopic (exact) mass is 405 g/mol. The SMILES string of the molecule is C[C@@]12CCCC[C@@H]1N(C(=O)NC1CCCC1CNS(C)(=O)=O)c1ccccc12. The lowest BCUT2D eigenvalue weighted by molar-refractivity contribution is 0.225. The summed E-state index contributed by atoms with van der Waals surface area (Å²) in [5, 5.41) is 3.25. The first-order valence-electron chi connectivity index (χ1n) is 10.4.